The summed E-state index contributed by atoms with van der Waals surface area (Å²) in [7, 11) is 1.85. The Morgan fingerprint density at radius 1 is 1.19 bits per heavy atom. The van der Waals surface area contributed by atoms with Gasteiger partial charge in [-0.1, -0.05) is 6.42 Å². The molecule has 2 amide bonds. The summed E-state index contributed by atoms with van der Waals surface area (Å²) in [6.07, 6.45) is 5.98. The smallest absolute Gasteiger partial charge is 0.224 e. The second kappa shape index (κ2) is 8.62. The molecule has 3 heterocycles. The van der Waals surface area contributed by atoms with E-state index in [0.29, 0.717) is 31.8 Å². The van der Waals surface area contributed by atoms with Gasteiger partial charge in [-0.2, -0.15) is 0 Å². The van der Waals surface area contributed by atoms with Crippen molar-refractivity contribution in [2.45, 2.75) is 57.5 Å². The topological polar surface area (TPSA) is 91.6 Å². The van der Waals surface area contributed by atoms with Crippen molar-refractivity contribution in [3.8, 4) is 0 Å². The van der Waals surface area contributed by atoms with Gasteiger partial charge < -0.3 is 19.5 Å². The quantitative estimate of drug-likeness (QED) is 0.836. The van der Waals surface area contributed by atoms with Crippen LogP contribution in [0.2, 0.25) is 0 Å². The van der Waals surface area contributed by atoms with E-state index < -0.39 is 0 Å². The van der Waals surface area contributed by atoms with Crippen LogP contribution in [0.4, 0.5) is 0 Å². The van der Waals surface area contributed by atoms with Crippen molar-refractivity contribution in [3.63, 3.8) is 0 Å². The standard InChI is InChI=1S/C18H29N5O3/c1-21-15(13-24)19-20-18(21)14-6-5-10-23(12-14)17(26)8-11-22-9-4-2-3-7-16(22)25/h14,24H,2-13H2,1H3/t14-/m0/s1. The maximum Gasteiger partial charge on any atom is 0.224 e. The average Bonchev–Trinajstić information content (AvgIpc) is 2.91. The summed E-state index contributed by atoms with van der Waals surface area (Å²) in [5.41, 5.74) is 0. The minimum Gasteiger partial charge on any atom is -0.388 e. The molecule has 1 atom stereocenters. The summed E-state index contributed by atoms with van der Waals surface area (Å²) in [5, 5.41) is 17.5. The van der Waals surface area contributed by atoms with Crippen molar-refractivity contribution < 1.29 is 14.7 Å². The molecule has 0 saturated carbocycles. The van der Waals surface area contributed by atoms with Crippen LogP contribution in [0, 0.1) is 0 Å². The molecule has 8 heteroatoms. The van der Waals surface area contributed by atoms with Gasteiger partial charge in [-0.25, -0.2) is 0 Å². The molecule has 8 nitrogen and oxygen atoms in total. The SMILES string of the molecule is Cn1c(CO)nnc1[C@H]1CCCN(C(=O)CCN2CCCCCC2=O)C1. The fraction of sp³-hybridized carbons (Fsp3) is 0.778. The number of likely N-dealkylation sites (tertiary alicyclic amines) is 2. The average molecular weight is 363 g/mol. The van der Waals surface area contributed by atoms with Crippen LogP contribution in [0.15, 0.2) is 0 Å². The first kappa shape index (κ1) is 18.8. The maximum absolute atomic E-state index is 12.7. The molecule has 3 rings (SSSR count). The van der Waals surface area contributed by atoms with Crippen molar-refractivity contribution in [1.82, 2.24) is 24.6 Å². The van der Waals surface area contributed by atoms with Gasteiger partial charge in [0.1, 0.15) is 12.4 Å². The van der Waals surface area contributed by atoms with Crippen LogP contribution in [0.5, 0.6) is 0 Å². The number of rotatable bonds is 5. The maximum atomic E-state index is 12.7. The lowest BCUT2D eigenvalue weighted by Crippen LogP contribution is -2.41. The zero-order chi connectivity index (χ0) is 18.5. The Balaban J connectivity index is 1.55. The van der Waals surface area contributed by atoms with Crippen LogP contribution in [0.25, 0.3) is 0 Å². The second-order valence-electron chi connectivity index (χ2n) is 7.31. The molecule has 26 heavy (non-hydrogen) atoms. The predicted octanol–water partition coefficient (Wildman–Crippen LogP) is 0.806. The number of piperidine rings is 1. The summed E-state index contributed by atoms with van der Waals surface area (Å²) < 4.78 is 1.83. The fourth-order valence-electron chi connectivity index (χ4n) is 3.95. The van der Waals surface area contributed by atoms with Gasteiger partial charge in [0.25, 0.3) is 0 Å². The molecule has 0 bridgehead atoms. The highest BCUT2D eigenvalue weighted by Crippen LogP contribution is 2.26. The molecule has 1 aromatic rings. The van der Waals surface area contributed by atoms with E-state index in [0.717, 1.165) is 51.0 Å². The van der Waals surface area contributed by atoms with Gasteiger partial charge in [0.05, 0.1) is 0 Å². The fourth-order valence-corrected chi connectivity index (χ4v) is 3.95. The van der Waals surface area contributed by atoms with Gasteiger partial charge in [-0.15, -0.1) is 10.2 Å². The number of aromatic nitrogens is 3. The number of aliphatic hydroxyl groups is 1. The Hall–Kier alpha value is -1.96. The highest BCUT2D eigenvalue weighted by molar-refractivity contribution is 5.79. The van der Waals surface area contributed by atoms with E-state index in [-0.39, 0.29) is 24.3 Å². The number of carbonyl (C=O) groups is 2. The summed E-state index contributed by atoms with van der Waals surface area (Å²) in [5.74, 6) is 1.81. The van der Waals surface area contributed by atoms with Gasteiger partial charge in [0.15, 0.2) is 5.82 Å². The van der Waals surface area contributed by atoms with E-state index >= 15 is 0 Å². The second-order valence-corrected chi connectivity index (χ2v) is 7.31. The number of aliphatic hydroxyl groups excluding tert-OH is 1. The van der Waals surface area contributed by atoms with Gasteiger partial charge >= 0.3 is 0 Å². The zero-order valence-corrected chi connectivity index (χ0v) is 15.6. The van der Waals surface area contributed by atoms with E-state index in [9.17, 15) is 14.7 Å². The molecule has 0 unspecified atom stereocenters. The third-order valence-electron chi connectivity index (χ3n) is 5.55. The molecule has 2 fully saturated rings. The Kier molecular flexibility index (Phi) is 6.24. The van der Waals surface area contributed by atoms with E-state index in [1.807, 2.05) is 21.4 Å². The van der Waals surface area contributed by atoms with Crippen LogP contribution in [-0.4, -0.2) is 67.7 Å². The minimum absolute atomic E-state index is 0.108. The molecular formula is C18H29N5O3. The highest BCUT2D eigenvalue weighted by atomic mass is 16.3. The Morgan fingerprint density at radius 3 is 2.81 bits per heavy atom. The molecule has 2 aliphatic heterocycles. The molecule has 1 aromatic heterocycles. The number of amides is 2. The highest BCUT2D eigenvalue weighted by Gasteiger charge is 2.28. The lowest BCUT2D eigenvalue weighted by Gasteiger charge is -2.33. The lowest BCUT2D eigenvalue weighted by atomic mass is 9.97. The van der Waals surface area contributed by atoms with Crippen LogP contribution in [0.3, 0.4) is 0 Å². The summed E-state index contributed by atoms with van der Waals surface area (Å²) in [6.45, 7) is 2.55. The summed E-state index contributed by atoms with van der Waals surface area (Å²) in [6, 6.07) is 0. The van der Waals surface area contributed by atoms with E-state index in [1.54, 1.807) is 0 Å². The van der Waals surface area contributed by atoms with Gasteiger partial charge in [-0.05, 0) is 25.7 Å². The van der Waals surface area contributed by atoms with Gasteiger partial charge in [-0.3, -0.25) is 9.59 Å². The Bertz CT molecular complexity index is 645. The molecule has 2 aliphatic rings. The molecule has 2 saturated heterocycles. The molecule has 1 N–H and O–H groups in total. The van der Waals surface area contributed by atoms with Crippen LogP contribution >= 0.6 is 0 Å². The normalized spacial score (nSPS) is 21.8. The molecule has 0 aromatic carbocycles. The third-order valence-corrected chi connectivity index (χ3v) is 5.55. The lowest BCUT2D eigenvalue weighted by molar-refractivity contribution is -0.135. The molecular weight excluding hydrogens is 334 g/mol. The van der Waals surface area contributed by atoms with Crippen molar-refractivity contribution in [2.75, 3.05) is 26.2 Å². The summed E-state index contributed by atoms with van der Waals surface area (Å²) >= 11 is 0. The Morgan fingerprint density at radius 2 is 2.04 bits per heavy atom. The van der Waals surface area contributed by atoms with E-state index in [2.05, 4.69) is 10.2 Å². The Labute approximate surface area is 154 Å². The first-order valence-corrected chi connectivity index (χ1v) is 9.64. The van der Waals surface area contributed by atoms with Crippen LogP contribution in [0.1, 0.15) is 62.5 Å². The first-order valence-electron chi connectivity index (χ1n) is 9.64. The third kappa shape index (κ3) is 4.23. The van der Waals surface area contributed by atoms with E-state index in [4.69, 9.17) is 0 Å². The van der Waals surface area contributed by atoms with Crippen molar-refractivity contribution in [2.24, 2.45) is 7.05 Å². The summed E-state index contributed by atoms with van der Waals surface area (Å²) in [4.78, 5) is 28.5. The molecule has 0 aliphatic carbocycles. The molecule has 0 radical (unpaired) electrons. The molecule has 144 valence electrons. The number of carbonyl (C=O) groups excluding carboxylic acids is 2. The number of hydrogen-bond acceptors (Lipinski definition) is 5. The monoisotopic (exact) mass is 363 g/mol. The zero-order valence-electron chi connectivity index (χ0n) is 15.6. The van der Waals surface area contributed by atoms with E-state index in [1.165, 1.54) is 0 Å². The minimum atomic E-state index is -0.136. The first-order chi connectivity index (χ1) is 12.6. The largest absolute Gasteiger partial charge is 0.388 e. The van der Waals surface area contributed by atoms with Gasteiger partial charge in [0, 0.05) is 52.0 Å². The number of nitrogens with zero attached hydrogens (tertiary/aromatic N) is 5. The van der Waals surface area contributed by atoms with Crippen molar-refractivity contribution >= 4 is 11.8 Å². The van der Waals surface area contributed by atoms with Gasteiger partial charge in [0.2, 0.25) is 11.8 Å². The van der Waals surface area contributed by atoms with Crippen LogP contribution in [-0.2, 0) is 23.2 Å². The number of hydrogen-bond donors (Lipinski definition) is 1. The predicted molar refractivity (Wildman–Crippen MR) is 95.1 cm³/mol. The van der Waals surface area contributed by atoms with Crippen LogP contribution < -0.4 is 0 Å². The van der Waals surface area contributed by atoms with Crippen molar-refractivity contribution in [1.29, 1.82) is 0 Å². The molecule has 0 spiro atoms. The van der Waals surface area contributed by atoms with Crippen molar-refractivity contribution in [3.05, 3.63) is 11.6 Å².